The van der Waals surface area contributed by atoms with E-state index in [1.807, 2.05) is 17.9 Å². The Kier molecular flexibility index (Phi) is 3.56. The van der Waals surface area contributed by atoms with Gasteiger partial charge in [-0.05, 0) is 12.8 Å². The van der Waals surface area contributed by atoms with E-state index in [0.29, 0.717) is 0 Å². The molecule has 1 atom stereocenters. The normalized spacial score (nSPS) is 25.6. The Hall–Kier alpha value is -0.980. The van der Waals surface area contributed by atoms with Crippen LogP contribution in [0.5, 0.6) is 0 Å². The van der Waals surface area contributed by atoms with Gasteiger partial charge in [0.05, 0.1) is 31.1 Å². The first-order valence-corrected chi connectivity index (χ1v) is 7.17. The zero-order valence-electron chi connectivity index (χ0n) is 11.6. The minimum Gasteiger partial charge on any atom is -0.379 e. The second kappa shape index (κ2) is 5.19. The molecule has 3 rings (SSSR count). The van der Waals surface area contributed by atoms with E-state index < -0.39 is 0 Å². The maximum absolute atomic E-state index is 6.63. The summed E-state index contributed by atoms with van der Waals surface area (Å²) >= 11 is 0. The minimum absolute atomic E-state index is 0.0203. The van der Waals surface area contributed by atoms with Crippen molar-refractivity contribution in [3.05, 3.63) is 11.9 Å². The van der Waals surface area contributed by atoms with Gasteiger partial charge in [0.2, 0.25) is 0 Å². The lowest BCUT2D eigenvalue weighted by molar-refractivity contribution is -0.0320. The molecule has 0 spiro atoms. The molecular formula is C13H23N5O. The maximum Gasteiger partial charge on any atom is 0.0770 e. The van der Waals surface area contributed by atoms with Crippen LogP contribution in [0.3, 0.4) is 0 Å². The highest BCUT2D eigenvalue weighted by Gasteiger charge is 2.46. The number of ether oxygens (including phenoxy) is 1. The van der Waals surface area contributed by atoms with Crippen molar-refractivity contribution in [3.63, 3.8) is 0 Å². The van der Waals surface area contributed by atoms with Crippen LogP contribution in [0, 0.1) is 0 Å². The number of hydrogen-bond acceptors (Lipinski definition) is 5. The molecule has 1 saturated carbocycles. The van der Waals surface area contributed by atoms with E-state index in [9.17, 15) is 0 Å². The number of morpholine rings is 1. The van der Waals surface area contributed by atoms with Gasteiger partial charge in [-0.25, -0.2) is 0 Å². The molecule has 2 heterocycles. The van der Waals surface area contributed by atoms with Crippen molar-refractivity contribution in [1.29, 1.82) is 0 Å². The van der Waals surface area contributed by atoms with Crippen molar-refractivity contribution < 1.29 is 4.74 Å². The molecule has 0 radical (unpaired) electrons. The third-order valence-corrected chi connectivity index (χ3v) is 4.76. The van der Waals surface area contributed by atoms with Gasteiger partial charge in [-0.15, -0.1) is 5.10 Å². The van der Waals surface area contributed by atoms with Crippen molar-refractivity contribution >= 4 is 0 Å². The first-order chi connectivity index (χ1) is 9.24. The van der Waals surface area contributed by atoms with Gasteiger partial charge in [0, 0.05) is 25.7 Å². The van der Waals surface area contributed by atoms with Gasteiger partial charge in [-0.2, -0.15) is 0 Å². The van der Waals surface area contributed by atoms with Gasteiger partial charge < -0.3 is 10.5 Å². The number of nitrogens with zero attached hydrogens (tertiary/aromatic N) is 4. The van der Waals surface area contributed by atoms with Gasteiger partial charge in [0.1, 0.15) is 0 Å². The summed E-state index contributed by atoms with van der Waals surface area (Å²) in [4.78, 5) is 2.54. The lowest BCUT2D eigenvalue weighted by Gasteiger charge is -2.46. The average molecular weight is 265 g/mol. The zero-order valence-corrected chi connectivity index (χ0v) is 11.6. The SMILES string of the molecule is Cn1nncc1C(N)C1(N2CCOCC2)CCCC1. The molecule has 1 saturated heterocycles. The molecule has 1 aliphatic carbocycles. The van der Waals surface area contributed by atoms with Gasteiger partial charge in [0.15, 0.2) is 0 Å². The lowest BCUT2D eigenvalue weighted by atomic mass is 9.84. The highest BCUT2D eigenvalue weighted by molar-refractivity contribution is 5.14. The molecule has 19 heavy (non-hydrogen) atoms. The number of rotatable bonds is 3. The fraction of sp³-hybridized carbons (Fsp3) is 0.846. The Labute approximate surface area is 113 Å². The molecular weight excluding hydrogens is 242 g/mol. The highest BCUT2D eigenvalue weighted by atomic mass is 16.5. The average Bonchev–Trinajstić information content (AvgIpc) is 3.08. The molecule has 2 fully saturated rings. The Morgan fingerprint density at radius 2 is 2.00 bits per heavy atom. The fourth-order valence-electron chi connectivity index (χ4n) is 3.67. The molecule has 1 aliphatic heterocycles. The standard InChI is InChI=1S/C13H23N5O/c1-17-11(10-15-16-17)12(14)13(4-2-3-5-13)18-6-8-19-9-7-18/h10,12H,2-9,14H2,1H3. The molecule has 6 heteroatoms. The van der Waals surface area contributed by atoms with E-state index in [2.05, 4.69) is 15.2 Å². The summed E-state index contributed by atoms with van der Waals surface area (Å²) < 4.78 is 7.30. The summed E-state index contributed by atoms with van der Waals surface area (Å²) in [5.74, 6) is 0. The van der Waals surface area contributed by atoms with E-state index >= 15 is 0 Å². The Morgan fingerprint density at radius 1 is 1.32 bits per heavy atom. The van der Waals surface area contributed by atoms with Crippen LogP contribution in [0.2, 0.25) is 0 Å². The quantitative estimate of drug-likeness (QED) is 0.860. The summed E-state index contributed by atoms with van der Waals surface area (Å²) in [6.07, 6.45) is 6.66. The lowest BCUT2D eigenvalue weighted by Crippen LogP contribution is -2.57. The summed E-state index contributed by atoms with van der Waals surface area (Å²) in [7, 11) is 1.92. The predicted molar refractivity (Wildman–Crippen MR) is 71.5 cm³/mol. The van der Waals surface area contributed by atoms with E-state index in [-0.39, 0.29) is 11.6 Å². The van der Waals surface area contributed by atoms with Crippen LogP contribution < -0.4 is 5.73 Å². The molecule has 106 valence electrons. The van der Waals surface area contributed by atoms with Gasteiger partial charge in [-0.1, -0.05) is 18.1 Å². The first-order valence-electron chi connectivity index (χ1n) is 7.17. The van der Waals surface area contributed by atoms with Crippen molar-refractivity contribution in [2.45, 2.75) is 37.3 Å². The molecule has 1 aromatic heterocycles. The molecule has 2 aliphatic rings. The first kappa shape index (κ1) is 13.0. The molecule has 0 bridgehead atoms. The van der Waals surface area contributed by atoms with Crippen LogP contribution in [-0.4, -0.2) is 51.7 Å². The van der Waals surface area contributed by atoms with E-state index in [1.165, 1.54) is 25.7 Å². The van der Waals surface area contributed by atoms with Crippen molar-refractivity contribution in [1.82, 2.24) is 19.9 Å². The van der Waals surface area contributed by atoms with Crippen molar-refractivity contribution in [2.24, 2.45) is 12.8 Å². The number of hydrogen-bond donors (Lipinski definition) is 1. The third kappa shape index (κ3) is 2.17. The fourth-order valence-corrected chi connectivity index (χ4v) is 3.67. The van der Waals surface area contributed by atoms with Crippen molar-refractivity contribution in [2.75, 3.05) is 26.3 Å². The van der Waals surface area contributed by atoms with Gasteiger partial charge in [-0.3, -0.25) is 9.58 Å². The van der Waals surface area contributed by atoms with Crippen LogP contribution in [0.15, 0.2) is 6.20 Å². The largest absolute Gasteiger partial charge is 0.379 e. The van der Waals surface area contributed by atoms with Crippen LogP contribution in [-0.2, 0) is 11.8 Å². The van der Waals surface area contributed by atoms with E-state index in [0.717, 1.165) is 32.0 Å². The number of nitrogens with two attached hydrogens (primary N) is 1. The smallest absolute Gasteiger partial charge is 0.0770 e. The van der Waals surface area contributed by atoms with Gasteiger partial charge in [0.25, 0.3) is 0 Å². The number of aromatic nitrogens is 3. The molecule has 6 nitrogen and oxygen atoms in total. The topological polar surface area (TPSA) is 69.2 Å². The highest BCUT2D eigenvalue weighted by Crippen LogP contribution is 2.43. The van der Waals surface area contributed by atoms with E-state index in [1.54, 1.807) is 0 Å². The molecule has 0 aromatic carbocycles. The molecule has 1 unspecified atom stereocenters. The summed E-state index contributed by atoms with van der Waals surface area (Å²) in [6.45, 7) is 3.61. The summed E-state index contributed by atoms with van der Waals surface area (Å²) in [6, 6.07) is -0.0203. The minimum atomic E-state index is -0.0203. The predicted octanol–water partition coefficient (Wildman–Crippen LogP) is 0.460. The summed E-state index contributed by atoms with van der Waals surface area (Å²) in [5, 5.41) is 8.01. The van der Waals surface area contributed by atoms with Crippen molar-refractivity contribution in [3.8, 4) is 0 Å². The van der Waals surface area contributed by atoms with E-state index in [4.69, 9.17) is 10.5 Å². The Morgan fingerprint density at radius 3 is 2.58 bits per heavy atom. The van der Waals surface area contributed by atoms with Gasteiger partial charge >= 0.3 is 0 Å². The van der Waals surface area contributed by atoms with Crippen LogP contribution >= 0.6 is 0 Å². The van der Waals surface area contributed by atoms with Crippen LogP contribution in [0.1, 0.15) is 37.4 Å². The van der Waals surface area contributed by atoms with Crippen LogP contribution in [0.25, 0.3) is 0 Å². The zero-order chi connectivity index (χ0) is 13.3. The second-order valence-corrected chi connectivity index (χ2v) is 5.67. The Bertz CT molecular complexity index is 420. The summed E-state index contributed by atoms with van der Waals surface area (Å²) in [5.41, 5.74) is 7.73. The Balaban J connectivity index is 1.89. The monoisotopic (exact) mass is 265 g/mol. The molecule has 0 amide bonds. The third-order valence-electron chi connectivity index (χ3n) is 4.76. The second-order valence-electron chi connectivity index (χ2n) is 5.67. The molecule has 2 N–H and O–H groups in total. The molecule has 1 aromatic rings. The maximum atomic E-state index is 6.63. The van der Waals surface area contributed by atoms with Crippen LogP contribution in [0.4, 0.5) is 0 Å². The number of aryl methyl sites for hydroxylation is 1.